The molecule has 22 heavy (non-hydrogen) atoms. The van der Waals surface area contributed by atoms with Crippen molar-refractivity contribution in [1.29, 1.82) is 0 Å². The SMILES string of the molecule is CSc1nncn1/N=C/c1ccc(COc2ccccc2)o1. The van der Waals surface area contributed by atoms with E-state index in [-0.39, 0.29) is 0 Å². The number of thioether (sulfide) groups is 1. The van der Waals surface area contributed by atoms with E-state index in [1.54, 1.807) is 17.2 Å². The Morgan fingerprint density at radius 2 is 2.14 bits per heavy atom. The van der Waals surface area contributed by atoms with E-state index >= 15 is 0 Å². The molecule has 0 aliphatic rings. The van der Waals surface area contributed by atoms with Gasteiger partial charge in [-0.1, -0.05) is 30.0 Å². The maximum atomic E-state index is 5.64. The van der Waals surface area contributed by atoms with Crippen LogP contribution in [0.25, 0.3) is 0 Å². The highest BCUT2D eigenvalue weighted by Crippen LogP contribution is 2.14. The Kier molecular flexibility index (Phi) is 4.55. The van der Waals surface area contributed by atoms with E-state index in [4.69, 9.17) is 9.15 Å². The Balaban J connectivity index is 1.61. The molecular formula is C15H14N4O2S. The lowest BCUT2D eigenvalue weighted by Crippen LogP contribution is -1.93. The van der Waals surface area contributed by atoms with Gasteiger partial charge in [-0.2, -0.15) is 9.78 Å². The number of furan rings is 1. The second kappa shape index (κ2) is 6.95. The average molecular weight is 314 g/mol. The van der Waals surface area contributed by atoms with Crippen molar-refractivity contribution in [3.05, 3.63) is 60.3 Å². The van der Waals surface area contributed by atoms with Gasteiger partial charge in [-0.3, -0.25) is 0 Å². The summed E-state index contributed by atoms with van der Waals surface area (Å²) in [5.74, 6) is 2.19. The van der Waals surface area contributed by atoms with Gasteiger partial charge in [-0.25, -0.2) is 0 Å². The monoisotopic (exact) mass is 314 g/mol. The maximum absolute atomic E-state index is 5.64. The minimum absolute atomic E-state index is 0.376. The Bertz CT molecular complexity index is 752. The molecule has 0 saturated carbocycles. The molecule has 0 N–H and O–H groups in total. The standard InChI is InChI=1S/C15H14N4O2S/c1-22-15-18-16-11-19(15)17-9-13-7-8-14(21-13)10-20-12-5-3-2-4-6-12/h2-9,11H,10H2,1H3/b17-9+. The first-order valence-corrected chi connectivity index (χ1v) is 7.82. The largest absolute Gasteiger partial charge is 0.486 e. The second-order valence-corrected chi connectivity index (χ2v) is 5.09. The highest BCUT2D eigenvalue weighted by atomic mass is 32.2. The third-order valence-corrected chi connectivity index (χ3v) is 3.43. The summed E-state index contributed by atoms with van der Waals surface area (Å²) in [5.41, 5.74) is 0. The molecule has 0 amide bonds. The summed E-state index contributed by atoms with van der Waals surface area (Å²) in [4.78, 5) is 0. The molecule has 0 atom stereocenters. The Morgan fingerprint density at radius 1 is 1.27 bits per heavy atom. The molecule has 2 aromatic heterocycles. The van der Waals surface area contributed by atoms with Crippen molar-refractivity contribution in [2.45, 2.75) is 11.8 Å². The van der Waals surface area contributed by atoms with Gasteiger partial charge in [0, 0.05) is 0 Å². The summed E-state index contributed by atoms with van der Waals surface area (Å²) in [6.45, 7) is 0.376. The van der Waals surface area contributed by atoms with Gasteiger partial charge in [0.1, 0.15) is 30.2 Å². The number of nitrogens with zero attached hydrogens (tertiary/aromatic N) is 4. The van der Waals surface area contributed by atoms with Crippen LogP contribution in [0, 0.1) is 0 Å². The van der Waals surface area contributed by atoms with Gasteiger partial charge in [0.25, 0.3) is 0 Å². The van der Waals surface area contributed by atoms with Crippen LogP contribution in [0.5, 0.6) is 5.75 Å². The predicted molar refractivity (Wildman–Crippen MR) is 84.3 cm³/mol. The fourth-order valence-corrected chi connectivity index (χ4v) is 2.17. The van der Waals surface area contributed by atoms with Crippen molar-refractivity contribution >= 4 is 18.0 Å². The second-order valence-electron chi connectivity index (χ2n) is 4.31. The minimum atomic E-state index is 0.376. The van der Waals surface area contributed by atoms with Gasteiger partial charge >= 0.3 is 0 Å². The molecule has 0 saturated heterocycles. The third kappa shape index (κ3) is 3.56. The number of hydrogen-bond donors (Lipinski definition) is 0. The van der Waals surface area contributed by atoms with Crippen LogP contribution >= 0.6 is 11.8 Å². The first-order chi connectivity index (χ1) is 10.8. The van der Waals surface area contributed by atoms with Crippen molar-refractivity contribution in [1.82, 2.24) is 14.9 Å². The van der Waals surface area contributed by atoms with Crippen LogP contribution in [-0.4, -0.2) is 27.3 Å². The van der Waals surface area contributed by atoms with Crippen molar-refractivity contribution in [2.24, 2.45) is 5.10 Å². The smallest absolute Gasteiger partial charge is 0.211 e. The Labute approximate surface area is 131 Å². The molecule has 0 unspecified atom stereocenters. The van der Waals surface area contributed by atoms with E-state index in [0.717, 1.165) is 16.7 Å². The van der Waals surface area contributed by atoms with Crippen LogP contribution in [0.15, 0.2) is 63.5 Å². The zero-order chi connectivity index (χ0) is 15.2. The zero-order valence-electron chi connectivity index (χ0n) is 11.9. The summed E-state index contributed by atoms with van der Waals surface area (Å²) < 4.78 is 12.9. The van der Waals surface area contributed by atoms with Crippen molar-refractivity contribution in [3.63, 3.8) is 0 Å². The van der Waals surface area contributed by atoms with Crippen LogP contribution in [0.1, 0.15) is 11.5 Å². The average Bonchev–Trinajstić information content (AvgIpc) is 3.20. The van der Waals surface area contributed by atoms with Crippen molar-refractivity contribution in [2.75, 3.05) is 6.26 Å². The molecule has 3 aromatic rings. The number of para-hydroxylation sites is 1. The summed E-state index contributed by atoms with van der Waals surface area (Å²) >= 11 is 1.47. The number of rotatable bonds is 6. The molecule has 0 aliphatic heterocycles. The molecule has 0 radical (unpaired) electrons. The van der Waals surface area contributed by atoms with E-state index in [1.165, 1.54) is 11.8 Å². The van der Waals surface area contributed by atoms with Gasteiger partial charge in [0.15, 0.2) is 0 Å². The van der Waals surface area contributed by atoms with E-state index < -0.39 is 0 Å². The molecule has 1 aromatic carbocycles. The molecule has 0 aliphatic carbocycles. The molecule has 6 nitrogen and oxygen atoms in total. The number of benzene rings is 1. The highest BCUT2D eigenvalue weighted by Gasteiger charge is 2.03. The zero-order valence-corrected chi connectivity index (χ0v) is 12.7. The van der Waals surface area contributed by atoms with E-state index in [9.17, 15) is 0 Å². The number of hydrogen-bond acceptors (Lipinski definition) is 6. The number of aromatic nitrogens is 3. The van der Waals surface area contributed by atoms with E-state index in [1.807, 2.05) is 48.7 Å². The third-order valence-electron chi connectivity index (χ3n) is 2.80. The molecule has 3 rings (SSSR count). The lowest BCUT2D eigenvalue weighted by Gasteiger charge is -2.02. The fourth-order valence-electron chi connectivity index (χ4n) is 1.76. The van der Waals surface area contributed by atoms with Gasteiger partial charge in [0.2, 0.25) is 5.16 Å². The van der Waals surface area contributed by atoms with Crippen LogP contribution < -0.4 is 4.74 Å². The summed E-state index contributed by atoms with van der Waals surface area (Å²) in [7, 11) is 0. The predicted octanol–water partition coefficient (Wildman–Crippen LogP) is 3.05. The number of ether oxygens (including phenoxy) is 1. The minimum Gasteiger partial charge on any atom is -0.486 e. The molecule has 7 heteroatoms. The van der Waals surface area contributed by atoms with Crippen LogP contribution in [0.3, 0.4) is 0 Å². The van der Waals surface area contributed by atoms with Crippen LogP contribution in [0.4, 0.5) is 0 Å². The summed E-state index contributed by atoms with van der Waals surface area (Å²) in [6, 6.07) is 13.3. The van der Waals surface area contributed by atoms with Crippen LogP contribution in [0.2, 0.25) is 0 Å². The van der Waals surface area contributed by atoms with Gasteiger partial charge < -0.3 is 9.15 Å². The fraction of sp³-hybridized carbons (Fsp3) is 0.133. The maximum Gasteiger partial charge on any atom is 0.211 e. The van der Waals surface area contributed by atoms with Crippen molar-refractivity contribution < 1.29 is 9.15 Å². The van der Waals surface area contributed by atoms with E-state index in [2.05, 4.69) is 15.3 Å². The van der Waals surface area contributed by atoms with Gasteiger partial charge in [0.05, 0.1) is 6.21 Å². The Hall–Kier alpha value is -2.54. The Morgan fingerprint density at radius 3 is 2.95 bits per heavy atom. The van der Waals surface area contributed by atoms with Crippen molar-refractivity contribution in [3.8, 4) is 5.75 Å². The lowest BCUT2D eigenvalue weighted by molar-refractivity contribution is 0.270. The molecule has 112 valence electrons. The van der Waals surface area contributed by atoms with Gasteiger partial charge in [-0.05, 0) is 30.5 Å². The van der Waals surface area contributed by atoms with Gasteiger partial charge in [-0.15, -0.1) is 10.2 Å². The quantitative estimate of drug-likeness (QED) is 0.517. The van der Waals surface area contributed by atoms with Crippen LogP contribution in [-0.2, 0) is 6.61 Å². The van der Waals surface area contributed by atoms with E-state index in [0.29, 0.717) is 12.4 Å². The molecule has 2 heterocycles. The summed E-state index contributed by atoms with van der Waals surface area (Å²) in [6.07, 6.45) is 5.09. The summed E-state index contributed by atoms with van der Waals surface area (Å²) in [5, 5.41) is 12.7. The first-order valence-electron chi connectivity index (χ1n) is 6.60. The molecule has 0 bridgehead atoms. The molecule has 0 spiro atoms. The first kappa shape index (κ1) is 14.4. The lowest BCUT2D eigenvalue weighted by atomic mass is 10.3. The molecular weight excluding hydrogens is 300 g/mol. The topological polar surface area (TPSA) is 65.4 Å². The highest BCUT2D eigenvalue weighted by molar-refractivity contribution is 7.98. The normalized spacial score (nSPS) is 11.1. The molecule has 0 fully saturated rings.